The summed E-state index contributed by atoms with van der Waals surface area (Å²) in [7, 11) is 2.00. The van der Waals surface area contributed by atoms with Gasteiger partial charge in [0.25, 0.3) is 0 Å². The molecular formula is C14H15Cl2N3. The standard InChI is InChI=1S/C14H15Cl2N3/c1-10(11-3-5-13(16)6-4-11)19(2)14-12(7-15)8-17-9-18-14/h3-6,8-10H,7H2,1-2H3. The molecule has 1 heterocycles. The van der Waals surface area contributed by atoms with Crippen molar-refractivity contribution in [1.82, 2.24) is 9.97 Å². The summed E-state index contributed by atoms with van der Waals surface area (Å²) in [6, 6.07) is 8.00. The van der Waals surface area contributed by atoms with Gasteiger partial charge in [0.15, 0.2) is 0 Å². The summed E-state index contributed by atoms with van der Waals surface area (Å²) < 4.78 is 0. The van der Waals surface area contributed by atoms with Crippen molar-refractivity contribution in [1.29, 1.82) is 0 Å². The zero-order valence-electron chi connectivity index (χ0n) is 10.8. The fraction of sp³-hybridized carbons (Fsp3) is 0.286. The van der Waals surface area contributed by atoms with Gasteiger partial charge < -0.3 is 4.90 Å². The van der Waals surface area contributed by atoms with E-state index in [9.17, 15) is 0 Å². The van der Waals surface area contributed by atoms with Crippen molar-refractivity contribution in [3.05, 3.63) is 52.9 Å². The number of benzene rings is 1. The van der Waals surface area contributed by atoms with Crippen molar-refractivity contribution in [2.45, 2.75) is 18.8 Å². The van der Waals surface area contributed by atoms with Gasteiger partial charge in [-0.2, -0.15) is 0 Å². The number of aromatic nitrogens is 2. The van der Waals surface area contributed by atoms with E-state index in [0.717, 1.165) is 16.4 Å². The quantitative estimate of drug-likeness (QED) is 0.796. The molecule has 0 fully saturated rings. The van der Waals surface area contributed by atoms with Crippen LogP contribution in [0.3, 0.4) is 0 Å². The molecule has 0 amide bonds. The van der Waals surface area contributed by atoms with E-state index in [1.54, 1.807) is 6.20 Å². The van der Waals surface area contributed by atoms with Gasteiger partial charge in [-0.05, 0) is 24.6 Å². The maximum absolute atomic E-state index is 5.92. The molecule has 0 aliphatic carbocycles. The molecule has 0 saturated heterocycles. The second-order valence-corrected chi connectivity index (χ2v) is 5.05. The lowest BCUT2D eigenvalue weighted by Gasteiger charge is -2.27. The molecule has 100 valence electrons. The van der Waals surface area contributed by atoms with E-state index in [-0.39, 0.29) is 6.04 Å². The Morgan fingerprint density at radius 2 is 1.95 bits per heavy atom. The average Bonchev–Trinajstić information content (AvgIpc) is 2.46. The molecule has 1 aromatic heterocycles. The molecule has 2 rings (SSSR count). The molecule has 0 N–H and O–H groups in total. The Labute approximate surface area is 123 Å². The molecule has 19 heavy (non-hydrogen) atoms. The summed E-state index contributed by atoms with van der Waals surface area (Å²) >= 11 is 11.8. The normalized spacial score (nSPS) is 12.2. The van der Waals surface area contributed by atoms with Gasteiger partial charge >= 0.3 is 0 Å². The first-order valence-corrected chi connectivity index (χ1v) is 6.88. The van der Waals surface area contributed by atoms with Gasteiger partial charge in [0.1, 0.15) is 12.1 Å². The SMILES string of the molecule is CC(c1ccc(Cl)cc1)N(C)c1ncncc1CCl. The van der Waals surface area contributed by atoms with Crippen LogP contribution in [0.2, 0.25) is 5.02 Å². The first kappa shape index (κ1) is 14.1. The Hall–Kier alpha value is -1.32. The molecule has 1 atom stereocenters. The minimum atomic E-state index is 0.175. The smallest absolute Gasteiger partial charge is 0.136 e. The lowest BCUT2D eigenvalue weighted by Crippen LogP contribution is -2.23. The number of rotatable bonds is 4. The largest absolute Gasteiger partial charge is 0.353 e. The zero-order chi connectivity index (χ0) is 13.8. The minimum Gasteiger partial charge on any atom is -0.353 e. The summed E-state index contributed by atoms with van der Waals surface area (Å²) in [5, 5.41) is 0.738. The van der Waals surface area contributed by atoms with Gasteiger partial charge in [-0.3, -0.25) is 0 Å². The predicted octanol–water partition coefficient (Wildman–Crippen LogP) is 4.07. The van der Waals surface area contributed by atoms with Crippen molar-refractivity contribution in [2.75, 3.05) is 11.9 Å². The van der Waals surface area contributed by atoms with Gasteiger partial charge in [0, 0.05) is 23.8 Å². The Morgan fingerprint density at radius 1 is 1.26 bits per heavy atom. The van der Waals surface area contributed by atoms with Gasteiger partial charge in [-0.15, -0.1) is 11.6 Å². The van der Waals surface area contributed by atoms with E-state index in [2.05, 4.69) is 21.8 Å². The Kier molecular flexibility index (Phi) is 4.61. The topological polar surface area (TPSA) is 29.0 Å². The van der Waals surface area contributed by atoms with E-state index < -0.39 is 0 Å². The zero-order valence-corrected chi connectivity index (χ0v) is 12.4. The van der Waals surface area contributed by atoms with E-state index in [0.29, 0.717) is 5.88 Å². The first-order valence-electron chi connectivity index (χ1n) is 5.96. The summed E-state index contributed by atoms with van der Waals surface area (Å²) in [6.07, 6.45) is 3.29. The Morgan fingerprint density at radius 3 is 2.58 bits per heavy atom. The van der Waals surface area contributed by atoms with Gasteiger partial charge in [0.05, 0.1) is 11.9 Å². The minimum absolute atomic E-state index is 0.175. The lowest BCUT2D eigenvalue weighted by atomic mass is 10.1. The highest BCUT2D eigenvalue weighted by molar-refractivity contribution is 6.30. The summed E-state index contributed by atoms with van der Waals surface area (Å²) in [5.74, 6) is 1.25. The van der Waals surface area contributed by atoms with Crippen molar-refractivity contribution in [3.8, 4) is 0 Å². The maximum atomic E-state index is 5.92. The van der Waals surface area contributed by atoms with Crippen molar-refractivity contribution < 1.29 is 0 Å². The third-order valence-electron chi connectivity index (χ3n) is 3.18. The Bertz CT molecular complexity index is 543. The number of halogens is 2. The molecule has 1 aromatic carbocycles. The molecule has 0 spiro atoms. The number of alkyl halides is 1. The maximum Gasteiger partial charge on any atom is 0.136 e. The van der Waals surface area contributed by atoms with Crippen LogP contribution in [0.5, 0.6) is 0 Å². The second kappa shape index (κ2) is 6.22. The highest BCUT2D eigenvalue weighted by Gasteiger charge is 2.16. The van der Waals surface area contributed by atoms with Gasteiger partial charge in [-0.25, -0.2) is 9.97 Å². The number of anilines is 1. The predicted molar refractivity (Wildman–Crippen MR) is 79.9 cm³/mol. The van der Waals surface area contributed by atoms with Crippen LogP contribution in [0.15, 0.2) is 36.8 Å². The molecule has 0 bridgehead atoms. The van der Waals surface area contributed by atoms with Gasteiger partial charge in [-0.1, -0.05) is 23.7 Å². The van der Waals surface area contributed by atoms with E-state index in [1.165, 1.54) is 11.9 Å². The van der Waals surface area contributed by atoms with Crippen LogP contribution in [0, 0.1) is 0 Å². The van der Waals surface area contributed by atoms with Crippen LogP contribution in [-0.4, -0.2) is 17.0 Å². The number of hydrogen-bond donors (Lipinski definition) is 0. The molecular weight excluding hydrogens is 281 g/mol. The highest BCUT2D eigenvalue weighted by Crippen LogP contribution is 2.27. The molecule has 0 aliphatic rings. The lowest BCUT2D eigenvalue weighted by molar-refractivity contribution is 0.723. The first-order chi connectivity index (χ1) is 9.13. The molecule has 0 radical (unpaired) electrons. The highest BCUT2D eigenvalue weighted by atomic mass is 35.5. The fourth-order valence-corrected chi connectivity index (χ4v) is 2.23. The number of hydrogen-bond acceptors (Lipinski definition) is 3. The van der Waals surface area contributed by atoms with Crippen LogP contribution in [0.25, 0.3) is 0 Å². The third kappa shape index (κ3) is 3.17. The summed E-state index contributed by atoms with van der Waals surface area (Å²) in [5.41, 5.74) is 2.10. The molecule has 0 saturated carbocycles. The molecule has 3 nitrogen and oxygen atoms in total. The van der Waals surface area contributed by atoms with Crippen molar-refractivity contribution in [2.24, 2.45) is 0 Å². The third-order valence-corrected chi connectivity index (χ3v) is 3.72. The summed E-state index contributed by atoms with van der Waals surface area (Å²) in [6.45, 7) is 2.11. The second-order valence-electron chi connectivity index (χ2n) is 4.34. The van der Waals surface area contributed by atoms with Crippen molar-refractivity contribution in [3.63, 3.8) is 0 Å². The molecule has 2 aromatic rings. The monoisotopic (exact) mass is 295 g/mol. The Balaban J connectivity index is 2.28. The van der Waals surface area contributed by atoms with E-state index in [4.69, 9.17) is 23.2 Å². The molecule has 1 unspecified atom stereocenters. The van der Waals surface area contributed by atoms with Crippen LogP contribution in [0.4, 0.5) is 5.82 Å². The summed E-state index contributed by atoms with van der Waals surface area (Å²) in [4.78, 5) is 10.4. The van der Waals surface area contributed by atoms with Gasteiger partial charge in [0.2, 0.25) is 0 Å². The van der Waals surface area contributed by atoms with E-state index in [1.807, 2.05) is 31.3 Å². The number of nitrogens with zero attached hydrogens (tertiary/aromatic N) is 3. The fourth-order valence-electron chi connectivity index (χ4n) is 1.91. The van der Waals surface area contributed by atoms with E-state index >= 15 is 0 Å². The van der Waals surface area contributed by atoms with Crippen LogP contribution < -0.4 is 4.90 Å². The average molecular weight is 296 g/mol. The van der Waals surface area contributed by atoms with Crippen LogP contribution in [-0.2, 0) is 5.88 Å². The van der Waals surface area contributed by atoms with Crippen LogP contribution in [0.1, 0.15) is 24.1 Å². The van der Waals surface area contributed by atoms with Crippen LogP contribution >= 0.6 is 23.2 Å². The van der Waals surface area contributed by atoms with Crippen molar-refractivity contribution >= 4 is 29.0 Å². The molecule has 5 heteroatoms. The molecule has 0 aliphatic heterocycles.